The van der Waals surface area contributed by atoms with Crippen LogP contribution >= 0.6 is 0 Å². The molecule has 0 radical (unpaired) electrons. The molecule has 0 aliphatic rings. The molecule has 3 heteroatoms. The van der Waals surface area contributed by atoms with Crippen LogP contribution in [0.25, 0.3) is 11.1 Å². The van der Waals surface area contributed by atoms with E-state index in [2.05, 4.69) is 0 Å². The van der Waals surface area contributed by atoms with Crippen LogP contribution < -0.4 is 0 Å². The summed E-state index contributed by atoms with van der Waals surface area (Å²) in [4.78, 5) is 11.2. The maximum Gasteiger partial charge on any atom is 0.353 e. The monoisotopic (exact) mass is 215 g/mol. The lowest BCUT2D eigenvalue weighted by atomic mass is 10.1. The van der Waals surface area contributed by atoms with Crippen molar-refractivity contribution >= 4 is 5.97 Å². The molecular weight excluding hydrogens is 202 g/mol. The maximum atomic E-state index is 11.2. The molecule has 1 N–H and O–H groups in total. The van der Waals surface area contributed by atoms with Gasteiger partial charge in [0.05, 0.1) is 0 Å². The second kappa shape index (κ2) is 4.23. The summed E-state index contributed by atoms with van der Waals surface area (Å²) in [5.41, 5.74) is 2.07. The van der Waals surface area contributed by atoms with E-state index in [0.717, 1.165) is 11.1 Å². The average Bonchev–Trinajstić information content (AvgIpc) is 2.73. The van der Waals surface area contributed by atoms with Crippen molar-refractivity contribution in [3.8, 4) is 11.1 Å². The van der Waals surface area contributed by atoms with Gasteiger partial charge in [0.15, 0.2) is 0 Å². The van der Waals surface area contributed by atoms with Gasteiger partial charge in [0.25, 0.3) is 0 Å². The van der Waals surface area contributed by atoms with Crippen LogP contribution in [0, 0.1) is 0 Å². The van der Waals surface area contributed by atoms with Crippen LogP contribution in [0.3, 0.4) is 0 Å². The average molecular weight is 215 g/mol. The van der Waals surface area contributed by atoms with E-state index in [4.69, 9.17) is 0 Å². The summed E-state index contributed by atoms with van der Waals surface area (Å²) in [7, 11) is 0. The number of hydrogen-bond acceptors (Lipinski definition) is 1. The summed E-state index contributed by atoms with van der Waals surface area (Å²) in [5, 5.41) is 9.21. The molecule has 0 unspecified atom stereocenters. The van der Waals surface area contributed by atoms with Crippen LogP contribution in [0.4, 0.5) is 0 Å². The van der Waals surface area contributed by atoms with Crippen LogP contribution in [0.5, 0.6) is 0 Å². The Bertz CT molecular complexity index is 500. The zero-order valence-corrected chi connectivity index (χ0v) is 9.05. The van der Waals surface area contributed by atoms with E-state index in [0.29, 0.717) is 12.2 Å². The molecule has 0 bridgehead atoms. The molecule has 0 spiro atoms. The Morgan fingerprint density at radius 1 is 1.25 bits per heavy atom. The first-order chi connectivity index (χ1) is 7.74. The van der Waals surface area contributed by atoms with Gasteiger partial charge in [0, 0.05) is 18.3 Å². The fraction of sp³-hybridized carbons (Fsp3) is 0.154. The summed E-state index contributed by atoms with van der Waals surface area (Å²) in [6.45, 7) is 2.59. The van der Waals surface area contributed by atoms with Gasteiger partial charge in [-0.25, -0.2) is 4.79 Å². The van der Waals surface area contributed by atoms with Gasteiger partial charge in [-0.3, -0.25) is 0 Å². The Morgan fingerprint density at radius 3 is 2.50 bits per heavy atom. The third-order valence-corrected chi connectivity index (χ3v) is 2.59. The third kappa shape index (κ3) is 1.72. The van der Waals surface area contributed by atoms with Crippen molar-refractivity contribution < 1.29 is 9.90 Å². The number of aromatic nitrogens is 1. The topological polar surface area (TPSA) is 42.2 Å². The van der Waals surface area contributed by atoms with Crippen LogP contribution in [-0.2, 0) is 6.54 Å². The van der Waals surface area contributed by atoms with Crippen molar-refractivity contribution in [2.45, 2.75) is 13.5 Å². The van der Waals surface area contributed by atoms with Crippen LogP contribution in [-0.4, -0.2) is 15.6 Å². The van der Waals surface area contributed by atoms with E-state index in [1.54, 1.807) is 4.57 Å². The first-order valence-electron chi connectivity index (χ1n) is 5.22. The maximum absolute atomic E-state index is 11.2. The molecule has 16 heavy (non-hydrogen) atoms. The molecule has 1 aromatic heterocycles. The van der Waals surface area contributed by atoms with Crippen molar-refractivity contribution in [2.24, 2.45) is 0 Å². The molecular formula is C13H13NO2. The first-order valence-corrected chi connectivity index (χ1v) is 5.22. The molecule has 1 aromatic carbocycles. The predicted molar refractivity (Wildman–Crippen MR) is 62.5 cm³/mol. The lowest BCUT2D eigenvalue weighted by Crippen LogP contribution is -2.07. The fourth-order valence-electron chi connectivity index (χ4n) is 1.82. The highest BCUT2D eigenvalue weighted by atomic mass is 16.4. The molecule has 2 rings (SSSR count). The molecule has 0 aliphatic carbocycles. The number of hydrogen-bond donors (Lipinski definition) is 1. The third-order valence-electron chi connectivity index (χ3n) is 2.59. The Labute approximate surface area is 94.0 Å². The minimum absolute atomic E-state index is 0.355. The van der Waals surface area contributed by atoms with Gasteiger partial charge in [-0.2, -0.15) is 0 Å². The Hall–Kier alpha value is -2.03. The van der Waals surface area contributed by atoms with Crippen molar-refractivity contribution in [1.29, 1.82) is 0 Å². The molecule has 1 heterocycles. The highest BCUT2D eigenvalue weighted by Crippen LogP contribution is 2.24. The van der Waals surface area contributed by atoms with Gasteiger partial charge >= 0.3 is 5.97 Å². The summed E-state index contributed by atoms with van der Waals surface area (Å²) < 4.78 is 1.74. The van der Waals surface area contributed by atoms with Gasteiger partial charge in [-0.05, 0) is 18.6 Å². The number of aryl methyl sites for hydroxylation is 1. The van der Waals surface area contributed by atoms with Crippen LogP contribution in [0.1, 0.15) is 17.4 Å². The standard InChI is InChI=1S/C13H13NO2/c1-2-14-9-8-11(12(14)13(15)16)10-6-4-3-5-7-10/h3-9H,2H2,1H3,(H,15,16). The van der Waals surface area contributed by atoms with Gasteiger partial charge in [0.2, 0.25) is 0 Å². The van der Waals surface area contributed by atoms with Crippen LogP contribution in [0.15, 0.2) is 42.6 Å². The van der Waals surface area contributed by atoms with Gasteiger partial charge < -0.3 is 9.67 Å². The van der Waals surface area contributed by atoms with E-state index < -0.39 is 5.97 Å². The van der Waals surface area contributed by atoms with Crippen molar-refractivity contribution in [3.63, 3.8) is 0 Å². The number of carbonyl (C=O) groups is 1. The van der Waals surface area contributed by atoms with E-state index in [-0.39, 0.29) is 0 Å². The van der Waals surface area contributed by atoms with Crippen molar-refractivity contribution in [2.75, 3.05) is 0 Å². The largest absolute Gasteiger partial charge is 0.477 e. The summed E-state index contributed by atoms with van der Waals surface area (Å²) in [5.74, 6) is -0.884. The summed E-state index contributed by atoms with van der Waals surface area (Å²) in [6.07, 6.45) is 1.81. The van der Waals surface area contributed by atoms with Gasteiger partial charge in [-0.1, -0.05) is 30.3 Å². The number of rotatable bonds is 3. The van der Waals surface area contributed by atoms with E-state index >= 15 is 0 Å². The Kier molecular flexibility index (Phi) is 2.77. The number of nitrogens with zero attached hydrogens (tertiary/aromatic N) is 1. The van der Waals surface area contributed by atoms with E-state index in [1.165, 1.54) is 0 Å². The second-order valence-electron chi connectivity index (χ2n) is 3.54. The number of benzene rings is 1. The van der Waals surface area contributed by atoms with Gasteiger partial charge in [-0.15, -0.1) is 0 Å². The molecule has 0 fully saturated rings. The summed E-state index contributed by atoms with van der Waals surface area (Å²) >= 11 is 0. The Morgan fingerprint density at radius 2 is 1.94 bits per heavy atom. The zero-order chi connectivity index (χ0) is 11.5. The predicted octanol–water partition coefficient (Wildman–Crippen LogP) is 2.87. The molecule has 0 amide bonds. The minimum atomic E-state index is -0.884. The summed E-state index contributed by atoms with van der Waals surface area (Å²) in [6, 6.07) is 11.4. The number of carboxylic acid groups (broad SMARTS) is 1. The first kappa shape index (κ1) is 10.5. The number of aromatic carboxylic acids is 1. The van der Waals surface area contributed by atoms with Crippen molar-refractivity contribution in [1.82, 2.24) is 4.57 Å². The fourth-order valence-corrected chi connectivity index (χ4v) is 1.82. The van der Waals surface area contributed by atoms with E-state index in [1.807, 2.05) is 49.5 Å². The zero-order valence-electron chi connectivity index (χ0n) is 9.05. The Balaban J connectivity index is 2.58. The molecule has 3 nitrogen and oxygen atoms in total. The van der Waals surface area contributed by atoms with Gasteiger partial charge in [0.1, 0.15) is 5.69 Å². The highest BCUT2D eigenvalue weighted by molar-refractivity contribution is 5.94. The smallest absolute Gasteiger partial charge is 0.353 e. The molecule has 82 valence electrons. The molecule has 0 aliphatic heterocycles. The molecule has 0 saturated carbocycles. The minimum Gasteiger partial charge on any atom is -0.477 e. The van der Waals surface area contributed by atoms with E-state index in [9.17, 15) is 9.90 Å². The number of carboxylic acids is 1. The normalized spacial score (nSPS) is 10.3. The highest BCUT2D eigenvalue weighted by Gasteiger charge is 2.16. The quantitative estimate of drug-likeness (QED) is 0.855. The second-order valence-corrected chi connectivity index (χ2v) is 3.54. The SMILES string of the molecule is CCn1ccc(-c2ccccc2)c1C(=O)O. The lowest BCUT2D eigenvalue weighted by Gasteiger charge is -2.05. The molecule has 0 saturated heterocycles. The van der Waals surface area contributed by atoms with Crippen molar-refractivity contribution in [3.05, 3.63) is 48.3 Å². The molecule has 2 aromatic rings. The molecule has 0 atom stereocenters. The van der Waals surface area contributed by atoms with Crippen LogP contribution in [0.2, 0.25) is 0 Å². The lowest BCUT2D eigenvalue weighted by molar-refractivity contribution is 0.0686.